The van der Waals surface area contributed by atoms with Crippen molar-refractivity contribution >= 4 is 28.3 Å². The summed E-state index contributed by atoms with van der Waals surface area (Å²) in [4.78, 5) is 47.3. The number of hydrogen-bond donors (Lipinski definition) is 0. The number of rotatable bonds is 5. The first-order chi connectivity index (χ1) is 18.7. The van der Waals surface area contributed by atoms with E-state index in [1.807, 2.05) is 13.8 Å². The van der Waals surface area contributed by atoms with Gasteiger partial charge in [0.05, 0.1) is 30.0 Å². The minimum atomic E-state index is -0.376. The summed E-state index contributed by atoms with van der Waals surface area (Å²) >= 11 is 1.30. The maximum Gasteiger partial charge on any atom is 0.409 e. The third kappa shape index (κ3) is 5.03. The van der Waals surface area contributed by atoms with Gasteiger partial charge >= 0.3 is 6.09 Å². The number of aryl methyl sites for hydroxylation is 3. The lowest BCUT2D eigenvalue weighted by molar-refractivity contribution is -0.132. The molecule has 4 aromatic rings. The van der Waals surface area contributed by atoms with Crippen molar-refractivity contribution in [2.24, 2.45) is 0 Å². The molecule has 0 unspecified atom stereocenters. The molecule has 4 heterocycles. The lowest BCUT2D eigenvalue weighted by Crippen LogP contribution is -2.51. The number of halogens is 1. The molecule has 5 rings (SSSR count). The van der Waals surface area contributed by atoms with Crippen LogP contribution in [0.1, 0.15) is 29.6 Å². The highest BCUT2D eigenvalue weighted by Gasteiger charge is 2.26. The zero-order valence-corrected chi connectivity index (χ0v) is 23.0. The predicted molar refractivity (Wildman–Crippen MR) is 145 cm³/mol. The summed E-state index contributed by atoms with van der Waals surface area (Å²) in [6, 6.07) is 6.27. The Balaban J connectivity index is 1.43. The van der Waals surface area contributed by atoms with Gasteiger partial charge in [-0.15, -0.1) is 11.3 Å². The first-order valence-electron chi connectivity index (χ1n) is 12.7. The van der Waals surface area contributed by atoms with Crippen LogP contribution in [0.25, 0.3) is 21.9 Å². The van der Waals surface area contributed by atoms with Crippen LogP contribution in [0.3, 0.4) is 0 Å². The Morgan fingerprint density at radius 2 is 1.79 bits per heavy atom. The molecule has 2 amide bonds. The van der Waals surface area contributed by atoms with Crippen LogP contribution in [-0.4, -0.2) is 73.8 Å². The molecule has 0 radical (unpaired) electrons. The van der Waals surface area contributed by atoms with Crippen LogP contribution in [0.5, 0.6) is 0 Å². The van der Waals surface area contributed by atoms with Crippen molar-refractivity contribution in [3.8, 4) is 16.9 Å². The van der Waals surface area contributed by atoms with E-state index in [0.29, 0.717) is 66.1 Å². The molecule has 0 aliphatic carbocycles. The maximum absolute atomic E-state index is 14.0. The Morgan fingerprint density at radius 3 is 2.51 bits per heavy atom. The molecule has 1 aliphatic heterocycles. The lowest BCUT2D eigenvalue weighted by Gasteiger charge is -2.34. The number of carbonyl (C=O) groups excluding carboxylic acids is 2. The third-order valence-electron chi connectivity index (χ3n) is 6.85. The molecule has 10 nitrogen and oxygen atoms in total. The average molecular weight is 553 g/mol. The number of fused-ring (bicyclic) bond motifs is 1. The molecule has 12 heteroatoms. The topological polar surface area (TPSA) is 102 Å². The Kier molecular flexibility index (Phi) is 7.21. The molecular formula is C27H29FN6O4S. The Labute approximate surface area is 228 Å². The fourth-order valence-corrected chi connectivity index (χ4v) is 5.72. The van der Waals surface area contributed by atoms with Crippen molar-refractivity contribution in [2.45, 2.75) is 34.1 Å². The van der Waals surface area contributed by atoms with E-state index in [4.69, 9.17) is 4.74 Å². The highest BCUT2D eigenvalue weighted by atomic mass is 32.1. The fourth-order valence-electron chi connectivity index (χ4n) is 4.80. The molecule has 0 atom stereocenters. The van der Waals surface area contributed by atoms with E-state index in [9.17, 15) is 18.8 Å². The van der Waals surface area contributed by atoms with E-state index in [2.05, 4.69) is 10.1 Å². The van der Waals surface area contributed by atoms with Gasteiger partial charge in [0, 0.05) is 42.9 Å². The standard InChI is InChI=1S/C27H29FN6O4S/c1-5-38-27(37)32-10-8-31(9-11-32)23(35)14-20-15-39-26-29-18(4)24(25(36)33(20)26)21-12-17(3)34(30-21)22-13-19(28)7-6-16(22)2/h6-7,12-13,15H,5,8-11,14H2,1-4H3. The van der Waals surface area contributed by atoms with Crippen LogP contribution in [-0.2, 0) is 16.0 Å². The fraction of sp³-hybridized carbons (Fsp3) is 0.370. The van der Waals surface area contributed by atoms with Gasteiger partial charge in [-0.05, 0) is 51.5 Å². The van der Waals surface area contributed by atoms with E-state index in [1.54, 1.807) is 45.8 Å². The monoisotopic (exact) mass is 552 g/mol. The molecule has 39 heavy (non-hydrogen) atoms. The number of aromatic nitrogens is 4. The normalized spacial score (nSPS) is 13.8. The van der Waals surface area contributed by atoms with Gasteiger partial charge < -0.3 is 14.5 Å². The van der Waals surface area contributed by atoms with Crippen molar-refractivity contribution in [1.29, 1.82) is 0 Å². The number of carbonyl (C=O) groups is 2. The third-order valence-corrected chi connectivity index (χ3v) is 7.73. The van der Waals surface area contributed by atoms with Gasteiger partial charge in [0.2, 0.25) is 5.91 Å². The first kappa shape index (κ1) is 26.5. The summed E-state index contributed by atoms with van der Waals surface area (Å²) in [6.07, 6.45) is -0.349. The molecule has 0 saturated carbocycles. The minimum Gasteiger partial charge on any atom is -0.450 e. The summed E-state index contributed by atoms with van der Waals surface area (Å²) in [5.41, 5.74) is 3.70. The van der Waals surface area contributed by atoms with Crippen LogP contribution >= 0.6 is 11.3 Å². The molecule has 204 valence electrons. The summed E-state index contributed by atoms with van der Waals surface area (Å²) in [7, 11) is 0. The zero-order chi connectivity index (χ0) is 27.8. The molecular weight excluding hydrogens is 523 g/mol. The lowest BCUT2D eigenvalue weighted by atomic mass is 10.1. The van der Waals surface area contributed by atoms with Gasteiger partial charge in [0.15, 0.2) is 4.96 Å². The van der Waals surface area contributed by atoms with Gasteiger partial charge in [-0.2, -0.15) is 5.10 Å². The Morgan fingerprint density at radius 1 is 1.08 bits per heavy atom. The summed E-state index contributed by atoms with van der Waals surface area (Å²) in [5.74, 6) is -0.504. The summed E-state index contributed by atoms with van der Waals surface area (Å²) < 4.78 is 22.1. The highest BCUT2D eigenvalue weighted by Crippen LogP contribution is 2.25. The van der Waals surface area contributed by atoms with Crippen molar-refractivity contribution in [1.82, 2.24) is 29.0 Å². The quantitative estimate of drug-likeness (QED) is 0.376. The Hall–Kier alpha value is -4.06. The molecule has 1 fully saturated rings. The van der Waals surface area contributed by atoms with E-state index >= 15 is 0 Å². The first-order valence-corrected chi connectivity index (χ1v) is 13.6. The zero-order valence-electron chi connectivity index (χ0n) is 22.2. The predicted octanol–water partition coefficient (Wildman–Crippen LogP) is 3.52. The number of thiazole rings is 1. The SMILES string of the molecule is CCOC(=O)N1CCN(C(=O)Cc2csc3nc(C)c(-c4cc(C)n(-c5cc(F)ccc5C)n4)c(=O)n23)CC1. The number of nitrogens with zero attached hydrogens (tertiary/aromatic N) is 6. The van der Waals surface area contributed by atoms with Gasteiger partial charge in [-0.1, -0.05) is 6.07 Å². The number of piperazine rings is 1. The van der Waals surface area contributed by atoms with Gasteiger partial charge in [0.1, 0.15) is 11.5 Å². The largest absolute Gasteiger partial charge is 0.450 e. The highest BCUT2D eigenvalue weighted by molar-refractivity contribution is 7.15. The smallest absolute Gasteiger partial charge is 0.409 e. The van der Waals surface area contributed by atoms with E-state index in [0.717, 1.165) is 11.3 Å². The molecule has 0 N–H and O–H groups in total. The van der Waals surface area contributed by atoms with Gasteiger partial charge in [-0.3, -0.25) is 14.0 Å². The average Bonchev–Trinajstić information content (AvgIpc) is 3.48. The van der Waals surface area contributed by atoms with E-state index in [1.165, 1.54) is 27.9 Å². The Bertz CT molecular complexity index is 1630. The molecule has 1 aromatic carbocycles. The number of benzene rings is 1. The number of hydrogen-bond acceptors (Lipinski definition) is 7. The van der Waals surface area contributed by atoms with Crippen molar-refractivity contribution in [3.63, 3.8) is 0 Å². The minimum absolute atomic E-state index is 0.0272. The van der Waals surface area contributed by atoms with Crippen LogP contribution in [0.15, 0.2) is 34.4 Å². The van der Waals surface area contributed by atoms with Gasteiger partial charge in [-0.25, -0.2) is 18.9 Å². The van der Waals surface area contributed by atoms with Gasteiger partial charge in [0.25, 0.3) is 5.56 Å². The van der Waals surface area contributed by atoms with Crippen LogP contribution in [0.4, 0.5) is 9.18 Å². The van der Waals surface area contributed by atoms with E-state index in [-0.39, 0.29) is 29.8 Å². The van der Waals surface area contributed by atoms with Crippen molar-refractivity contribution in [2.75, 3.05) is 32.8 Å². The molecule has 0 spiro atoms. The number of ether oxygens (including phenoxy) is 1. The summed E-state index contributed by atoms with van der Waals surface area (Å²) in [6.45, 7) is 9.11. The second kappa shape index (κ2) is 10.6. The van der Waals surface area contributed by atoms with Crippen LogP contribution in [0.2, 0.25) is 0 Å². The van der Waals surface area contributed by atoms with Crippen molar-refractivity contribution < 1.29 is 18.7 Å². The summed E-state index contributed by atoms with van der Waals surface area (Å²) in [5, 5.41) is 6.42. The molecule has 0 bridgehead atoms. The second-order valence-electron chi connectivity index (χ2n) is 9.48. The van der Waals surface area contributed by atoms with Crippen LogP contribution in [0, 0.1) is 26.6 Å². The second-order valence-corrected chi connectivity index (χ2v) is 10.3. The maximum atomic E-state index is 14.0. The molecule has 1 saturated heterocycles. The molecule has 1 aliphatic rings. The molecule has 3 aromatic heterocycles. The van der Waals surface area contributed by atoms with Crippen LogP contribution < -0.4 is 5.56 Å². The van der Waals surface area contributed by atoms with Crippen molar-refractivity contribution in [3.05, 3.63) is 68.5 Å². The van der Waals surface area contributed by atoms with E-state index < -0.39 is 0 Å². The number of amides is 2.